The molecule has 0 radical (unpaired) electrons. The predicted octanol–water partition coefficient (Wildman–Crippen LogP) is 1.57. The molecule has 0 unspecified atom stereocenters. The van der Waals surface area contributed by atoms with E-state index in [2.05, 4.69) is 32.4 Å². The van der Waals surface area contributed by atoms with Crippen molar-refractivity contribution >= 4 is 41.2 Å². The lowest BCUT2D eigenvalue weighted by Gasteiger charge is -2.05. The summed E-state index contributed by atoms with van der Waals surface area (Å²) >= 11 is 10.3. The van der Waals surface area contributed by atoms with Crippen LogP contribution in [0.5, 0.6) is 5.88 Å². The van der Waals surface area contributed by atoms with Gasteiger partial charge < -0.3 is 20.0 Å². The Morgan fingerprint density at radius 2 is 2.05 bits per heavy atom. The van der Waals surface area contributed by atoms with Crippen molar-refractivity contribution in [1.29, 1.82) is 0 Å². The first kappa shape index (κ1) is 14.9. The highest BCUT2D eigenvalue weighted by atomic mass is 35.5. The molecular weight excluding hydrogens is 320 g/mol. The number of H-pyrrole nitrogens is 2. The summed E-state index contributed by atoms with van der Waals surface area (Å²) in [5.74, 6) is -2.02. The summed E-state index contributed by atoms with van der Waals surface area (Å²) in [7, 11) is 0. The first-order valence-electron chi connectivity index (χ1n) is 5.36. The molecule has 3 N–H and O–H groups in total. The topological polar surface area (TPSA) is 134 Å². The Hall–Kier alpha value is -2.52. The van der Waals surface area contributed by atoms with Crippen molar-refractivity contribution in [3.8, 4) is 5.88 Å². The lowest BCUT2D eigenvalue weighted by Crippen LogP contribution is -2.22. The maximum absolute atomic E-state index is 11.5. The smallest absolute Gasteiger partial charge is 0.283 e. The molecule has 0 saturated heterocycles. The van der Waals surface area contributed by atoms with E-state index in [1.54, 1.807) is 0 Å². The second kappa shape index (κ2) is 5.85. The lowest BCUT2D eigenvalue weighted by molar-refractivity contribution is -0.255. The number of azo groups is 1. The van der Waals surface area contributed by atoms with Crippen LogP contribution in [-0.2, 0) is 0 Å². The number of carboxylic acids is 1. The van der Waals surface area contributed by atoms with Gasteiger partial charge >= 0.3 is 0 Å². The number of rotatable bonds is 3. The molecule has 0 aliphatic carbocycles. The molecule has 0 aliphatic rings. The number of nitrogens with zero attached hydrogens (tertiary/aromatic N) is 2. The van der Waals surface area contributed by atoms with Crippen LogP contribution in [0.4, 0.5) is 11.4 Å². The molecule has 0 amide bonds. The molecular formula is C11H6ClN4O4S-. The van der Waals surface area contributed by atoms with E-state index in [4.69, 9.17) is 11.6 Å². The number of carboxylic acid groups (broad SMARTS) is 1. The van der Waals surface area contributed by atoms with Crippen LogP contribution in [0.25, 0.3) is 0 Å². The predicted molar refractivity (Wildman–Crippen MR) is 73.9 cm³/mol. The van der Waals surface area contributed by atoms with Crippen molar-refractivity contribution in [2.45, 2.75) is 0 Å². The van der Waals surface area contributed by atoms with E-state index in [0.29, 0.717) is 0 Å². The summed E-state index contributed by atoms with van der Waals surface area (Å²) in [6.07, 6.45) is 0. The van der Waals surface area contributed by atoms with E-state index in [0.717, 1.165) is 6.07 Å². The fourth-order valence-electron chi connectivity index (χ4n) is 1.40. The molecule has 1 heterocycles. The molecule has 0 aliphatic heterocycles. The molecule has 2 aromatic rings. The Kier molecular flexibility index (Phi) is 4.15. The molecule has 108 valence electrons. The number of benzene rings is 1. The van der Waals surface area contributed by atoms with Crippen LogP contribution in [0.1, 0.15) is 10.4 Å². The summed E-state index contributed by atoms with van der Waals surface area (Å²) in [6, 6.07) is 3.80. The number of hydrogen-bond acceptors (Lipinski definition) is 7. The second-order valence-corrected chi connectivity index (χ2v) is 4.57. The van der Waals surface area contributed by atoms with Crippen molar-refractivity contribution in [3.05, 3.63) is 43.9 Å². The van der Waals surface area contributed by atoms with Crippen LogP contribution < -0.4 is 10.7 Å². The Morgan fingerprint density at radius 3 is 2.67 bits per heavy atom. The third kappa shape index (κ3) is 3.33. The van der Waals surface area contributed by atoms with Crippen LogP contribution in [0.15, 0.2) is 33.2 Å². The molecule has 21 heavy (non-hydrogen) atoms. The minimum absolute atomic E-state index is 0.0153. The molecule has 8 nitrogen and oxygen atoms in total. The Balaban J connectivity index is 2.43. The van der Waals surface area contributed by atoms with Gasteiger partial charge in [0, 0.05) is 10.6 Å². The average Bonchev–Trinajstić information content (AvgIpc) is 2.38. The quantitative estimate of drug-likeness (QED) is 0.581. The highest BCUT2D eigenvalue weighted by Crippen LogP contribution is 2.25. The summed E-state index contributed by atoms with van der Waals surface area (Å²) in [5.41, 5.74) is -1.29. The van der Waals surface area contributed by atoms with Gasteiger partial charge in [0.2, 0.25) is 11.6 Å². The van der Waals surface area contributed by atoms with Gasteiger partial charge in [-0.2, -0.15) is 5.11 Å². The molecule has 0 atom stereocenters. The summed E-state index contributed by atoms with van der Waals surface area (Å²) in [6.45, 7) is 0. The number of carbonyl (C=O) groups excluding carboxylic acids is 1. The van der Waals surface area contributed by atoms with Gasteiger partial charge in [-0.3, -0.25) is 9.78 Å². The third-order valence-corrected chi connectivity index (χ3v) is 2.87. The van der Waals surface area contributed by atoms with Crippen LogP contribution in [0.3, 0.4) is 0 Å². The van der Waals surface area contributed by atoms with Crippen molar-refractivity contribution < 1.29 is 15.0 Å². The number of aromatic amines is 2. The van der Waals surface area contributed by atoms with Gasteiger partial charge in [-0.25, -0.2) is 0 Å². The first-order chi connectivity index (χ1) is 9.88. The molecule has 0 saturated carbocycles. The summed E-state index contributed by atoms with van der Waals surface area (Å²) < 4.78 is -0.0674. The molecule has 10 heteroatoms. The standard InChI is InChI=1S/C11H7ClN4O4S/c12-6-2-1-4(3-5(6)10(19)20)15-16-7-8(17)13-11(21)14-9(7)18/h1-3H,(H,19,20)(H3,13,14,17,18,21)/p-1. The fourth-order valence-corrected chi connectivity index (χ4v) is 1.78. The van der Waals surface area contributed by atoms with Gasteiger partial charge in [-0.15, -0.1) is 5.11 Å². The van der Waals surface area contributed by atoms with E-state index < -0.39 is 23.1 Å². The fraction of sp³-hybridized carbons (Fsp3) is 0. The van der Waals surface area contributed by atoms with Crippen molar-refractivity contribution in [3.63, 3.8) is 0 Å². The van der Waals surface area contributed by atoms with Gasteiger partial charge in [-0.05, 0) is 30.4 Å². The van der Waals surface area contributed by atoms with Crippen LogP contribution >= 0.6 is 23.8 Å². The lowest BCUT2D eigenvalue weighted by atomic mass is 10.2. The van der Waals surface area contributed by atoms with Gasteiger partial charge in [-0.1, -0.05) is 11.6 Å². The summed E-state index contributed by atoms with van der Waals surface area (Å²) in [5, 5.41) is 27.5. The normalized spacial score (nSPS) is 10.9. The molecule has 1 aromatic heterocycles. The van der Waals surface area contributed by atoms with Crippen LogP contribution in [0, 0.1) is 4.77 Å². The molecule has 0 fully saturated rings. The molecule has 0 bridgehead atoms. The van der Waals surface area contributed by atoms with Gasteiger partial charge in [0.05, 0.1) is 11.7 Å². The van der Waals surface area contributed by atoms with Crippen molar-refractivity contribution in [2.24, 2.45) is 10.2 Å². The zero-order valence-corrected chi connectivity index (χ0v) is 11.7. The monoisotopic (exact) mass is 325 g/mol. The molecule has 0 spiro atoms. The number of aromatic carboxylic acids is 1. The first-order valence-corrected chi connectivity index (χ1v) is 6.15. The number of aromatic nitrogens is 2. The summed E-state index contributed by atoms with van der Waals surface area (Å²) in [4.78, 5) is 26.9. The van der Waals surface area contributed by atoms with Gasteiger partial charge in [0.1, 0.15) is 0 Å². The van der Waals surface area contributed by atoms with Gasteiger partial charge in [0.15, 0.2) is 4.77 Å². The largest absolute Gasteiger partial charge is 0.545 e. The van der Waals surface area contributed by atoms with Crippen molar-refractivity contribution in [1.82, 2.24) is 9.97 Å². The minimum Gasteiger partial charge on any atom is -0.545 e. The number of carbonyl (C=O) groups is 1. The van der Waals surface area contributed by atoms with Crippen molar-refractivity contribution in [2.75, 3.05) is 0 Å². The Morgan fingerprint density at radius 1 is 1.33 bits per heavy atom. The molecule has 1 aromatic carbocycles. The van der Waals surface area contributed by atoms with E-state index in [1.165, 1.54) is 12.1 Å². The zero-order valence-electron chi connectivity index (χ0n) is 10.1. The number of aromatic hydroxyl groups is 1. The highest BCUT2D eigenvalue weighted by molar-refractivity contribution is 7.71. The number of halogens is 1. The maximum Gasteiger partial charge on any atom is 0.283 e. The highest BCUT2D eigenvalue weighted by Gasteiger charge is 2.07. The minimum atomic E-state index is -1.47. The van der Waals surface area contributed by atoms with Crippen LogP contribution in [0.2, 0.25) is 5.02 Å². The SMILES string of the molecule is O=C([O-])c1cc(N=Nc2c(O)[nH]c(=S)[nH]c2=O)ccc1Cl. The second-order valence-electron chi connectivity index (χ2n) is 3.76. The number of nitrogens with one attached hydrogen (secondary N) is 2. The van der Waals surface area contributed by atoms with E-state index in [1.807, 2.05) is 0 Å². The molecule has 2 rings (SSSR count). The van der Waals surface area contributed by atoms with E-state index in [-0.39, 0.29) is 21.0 Å². The third-order valence-electron chi connectivity index (χ3n) is 2.33. The van der Waals surface area contributed by atoms with E-state index >= 15 is 0 Å². The van der Waals surface area contributed by atoms with Crippen LogP contribution in [-0.4, -0.2) is 21.0 Å². The number of hydrogen-bond donors (Lipinski definition) is 3. The maximum atomic E-state index is 11.5. The van der Waals surface area contributed by atoms with Gasteiger partial charge in [0.25, 0.3) is 5.56 Å². The zero-order chi connectivity index (χ0) is 15.6. The van der Waals surface area contributed by atoms with E-state index in [9.17, 15) is 19.8 Å². The Bertz CT molecular complexity index is 858. The average molecular weight is 326 g/mol. The Labute approximate surface area is 126 Å².